The molecule has 49 heavy (non-hydrogen) atoms. The second kappa shape index (κ2) is 43.6. The molecule has 3 heteroatoms. The Kier molecular flexibility index (Phi) is 43.1. The van der Waals surface area contributed by atoms with E-state index in [4.69, 9.17) is 5.11 Å². The summed E-state index contributed by atoms with van der Waals surface area (Å²) in [5, 5.41) is 19.0. The molecule has 0 saturated carbocycles. The molecule has 0 amide bonds. The number of aliphatic carboxylic acids is 1. The van der Waals surface area contributed by atoms with Crippen molar-refractivity contribution in [1.82, 2.24) is 0 Å². The van der Waals surface area contributed by atoms with Gasteiger partial charge in [0.25, 0.3) is 0 Å². The lowest BCUT2D eigenvalue weighted by atomic mass is 10.0. The van der Waals surface area contributed by atoms with Gasteiger partial charge in [-0.3, -0.25) is 4.79 Å². The van der Waals surface area contributed by atoms with Crippen molar-refractivity contribution in [2.24, 2.45) is 0 Å². The molecule has 0 aliphatic heterocycles. The summed E-state index contributed by atoms with van der Waals surface area (Å²) in [5.74, 6) is -0.657. The maximum Gasteiger partial charge on any atom is 0.303 e. The lowest BCUT2D eigenvalue weighted by molar-refractivity contribution is -0.137. The molecule has 0 aromatic rings. The fourth-order valence-corrected chi connectivity index (χ4v) is 7.62. The molecule has 0 saturated heterocycles. The van der Waals surface area contributed by atoms with E-state index >= 15 is 0 Å². The van der Waals surface area contributed by atoms with Crippen LogP contribution in [-0.4, -0.2) is 22.3 Å². The summed E-state index contributed by atoms with van der Waals surface area (Å²) < 4.78 is 0. The first-order chi connectivity index (χ1) is 24.2. The van der Waals surface area contributed by atoms with Gasteiger partial charge >= 0.3 is 5.97 Å². The van der Waals surface area contributed by atoms with Gasteiger partial charge < -0.3 is 10.2 Å². The third kappa shape index (κ3) is 45.4. The summed E-state index contributed by atoms with van der Waals surface area (Å²) in [4.78, 5) is 10.5. The van der Waals surface area contributed by atoms with E-state index in [0.29, 0.717) is 6.42 Å². The molecule has 0 radical (unpaired) electrons. The van der Waals surface area contributed by atoms with Crippen molar-refractivity contribution in [1.29, 1.82) is 0 Å². The van der Waals surface area contributed by atoms with E-state index < -0.39 is 5.97 Å². The van der Waals surface area contributed by atoms with Crippen LogP contribution in [0.25, 0.3) is 0 Å². The number of aliphatic hydroxyl groups is 1. The molecular formula is C46H92O3. The zero-order valence-corrected chi connectivity index (χ0v) is 33.8. The van der Waals surface area contributed by atoms with Crippen LogP contribution in [0.1, 0.15) is 283 Å². The summed E-state index contributed by atoms with van der Waals surface area (Å²) in [5.41, 5.74) is 0. The van der Waals surface area contributed by atoms with Crippen molar-refractivity contribution in [2.75, 3.05) is 0 Å². The Balaban J connectivity index is 3.14. The van der Waals surface area contributed by atoms with Crippen molar-refractivity contribution in [3.05, 3.63) is 0 Å². The quantitative estimate of drug-likeness (QED) is 0.0625. The molecule has 0 aliphatic rings. The summed E-state index contributed by atoms with van der Waals surface area (Å²) in [6, 6.07) is 0. The molecule has 1 atom stereocenters. The molecule has 3 nitrogen and oxygen atoms in total. The second-order valence-electron chi connectivity index (χ2n) is 16.2. The van der Waals surface area contributed by atoms with E-state index in [1.807, 2.05) is 0 Å². The fraction of sp³-hybridized carbons (Fsp3) is 0.978. The van der Waals surface area contributed by atoms with Gasteiger partial charge in [0.05, 0.1) is 6.10 Å². The van der Waals surface area contributed by atoms with E-state index in [-0.39, 0.29) is 6.10 Å². The number of carbonyl (C=O) groups is 1. The number of carboxylic acids is 1. The predicted octanol–water partition coefficient (Wildman–Crippen LogP) is 16.2. The molecule has 1 unspecified atom stereocenters. The van der Waals surface area contributed by atoms with Gasteiger partial charge in [-0.25, -0.2) is 0 Å². The van der Waals surface area contributed by atoms with Crippen LogP contribution in [0.2, 0.25) is 0 Å². The number of rotatable bonds is 44. The lowest BCUT2D eigenvalue weighted by Crippen LogP contribution is -2.05. The Bertz CT molecular complexity index is 605. The first kappa shape index (κ1) is 48.4. The van der Waals surface area contributed by atoms with Crippen molar-refractivity contribution in [2.45, 2.75) is 289 Å². The maximum atomic E-state index is 10.5. The van der Waals surface area contributed by atoms with Crippen molar-refractivity contribution in [3.8, 4) is 0 Å². The highest BCUT2D eigenvalue weighted by Gasteiger charge is 2.04. The minimum atomic E-state index is -0.657. The van der Waals surface area contributed by atoms with Gasteiger partial charge in [0, 0.05) is 6.42 Å². The first-order valence-corrected chi connectivity index (χ1v) is 23.1. The Morgan fingerprint density at radius 2 is 0.510 bits per heavy atom. The molecule has 0 aromatic heterocycles. The van der Waals surface area contributed by atoms with Gasteiger partial charge in [0.1, 0.15) is 0 Å². The SMILES string of the molecule is CCCCCCCCCCCCCCCCCCCCCCCCCCCC(O)CCCCCCCCCCCCCCCCCC(=O)O. The van der Waals surface area contributed by atoms with E-state index in [0.717, 1.165) is 25.7 Å². The Labute approximate surface area is 309 Å². The van der Waals surface area contributed by atoms with Crippen LogP contribution < -0.4 is 0 Å². The monoisotopic (exact) mass is 693 g/mol. The van der Waals surface area contributed by atoms with E-state index in [1.54, 1.807) is 0 Å². The van der Waals surface area contributed by atoms with Gasteiger partial charge in [-0.05, 0) is 19.3 Å². The van der Waals surface area contributed by atoms with Crippen LogP contribution in [0, 0.1) is 0 Å². The normalized spacial score (nSPS) is 12.2. The highest BCUT2D eigenvalue weighted by molar-refractivity contribution is 5.66. The van der Waals surface area contributed by atoms with Crippen molar-refractivity contribution >= 4 is 5.97 Å². The van der Waals surface area contributed by atoms with Crippen LogP contribution in [0.3, 0.4) is 0 Å². The number of unbranched alkanes of at least 4 members (excludes halogenated alkanes) is 38. The fourth-order valence-electron chi connectivity index (χ4n) is 7.62. The predicted molar refractivity (Wildman–Crippen MR) is 218 cm³/mol. The summed E-state index contributed by atoms with van der Waals surface area (Å²) >= 11 is 0. The molecule has 0 spiro atoms. The zero-order chi connectivity index (χ0) is 35.6. The first-order valence-electron chi connectivity index (χ1n) is 23.1. The number of aliphatic hydroxyl groups excluding tert-OH is 1. The van der Waals surface area contributed by atoms with Crippen LogP contribution in [0.4, 0.5) is 0 Å². The second-order valence-corrected chi connectivity index (χ2v) is 16.2. The highest BCUT2D eigenvalue weighted by Crippen LogP contribution is 2.18. The molecule has 0 heterocycles. The third-order valence-electron chi connectivity index (χ3n) is 11.1. The Hall–Kier alpha value is -0.570. The molecule has 2 N–H and O–H groups in total. The van der Waals surface area contributed by atoms with E-state index in [9.17, 15) is 9.90 Å². The average Bonchev–Trinajstić information content (AvgIpc) is 3.09. The number of hydrogen-bond acceptors (Lipinski definition) is 2. The zero-order valence-electron chi connectivity index (χ0n) is 33.8. The smallest absolute Gasteiger partial charge is 0.303 e. The van der Waals surface area contributed by atoms with Gasteiger partial charge in [-0.1, -0.05) is 257 Å². The number of carboxylic acid groups (broad SMARTS) is 1. The van der Waals surface area contributed by atoms with Crippen molar-refractivity contribution in [3.63, 3.8) is 0 Å². The topological polar surface area (TPSA) is 57.5 Å². The van der Waals surface area contributed by atoms with E-state index in [1.165, 1.54) is 244 Å². The van der Waals surface area contributed by atoms with Crippen LogP contribution in [-0.2, 0) is 4.79 Å². The molecule has 0 bridgehead atoms. The standard InChI is InChI=1S/C46H92O3/c1-2-3-4-5-6-7-8-9-10-11-12-13-14-15-16-17-18-19-21-24-27-30-33-36-39-42-45(47)43-40-37-34-31-28-25-22-20-23-26-29-32-35-38-41-44-46(48)49/h45,47H,2-44H2,1H3,(H,48,49). The van der Waals surface area contributed by atoms with Crippen LogP contribution >= 0.6 is 0 Å². The summed E-state index contributed by atoms with van der Waals surface area (Å²) in [6.45, 7) is 2.30. The van der Waals surface area contributed by atoms with Crippen molar-refractivity contribution < 1.29 is 15.0 Å². The van der Waals surface area contributed by atoms with Gasteiger partial charge in [0.2, 0.25) is 0 Å². The van der Waals surface area contributed by atoms with E-state index in [2.05, 4.69) is 6.92 Å². The maximum absolute atomic E-state index is 10.5. The average molecular weight is 693 g/mol. The Morgan fingerprint density at radius 3 is 0.714 bits per heavy atom. The lowest BCUT2D eigenvalue weighted by Gasteiger charge is -2.10. The van der Waals surface area contributed by atoms with Gasteiger partial charge in [0.15, 0.2) is 0 Å². The third-order valence-corrected chi connectivity index (χ3v) is 11.1. The molecule has 0 fully saturated rings. The summed E-state index contributed by atoms with van der Waals surface area (Å²) in [7, 11) is 0. The molecule has 294 valence electrons. The minimum absolute atomic E-state index is 0.0609. The number of hydrogen-bond donors (Lipinski definition) is 2. The molecule has 0 rings (SSSR count). The molecule has 0 aliphatic carbocycles. The Morgan fingerprint density at radius 1 is 0.327 bits per heavy atom. The largest absolute Gasteiger partial charge is 0.481 e. The van der Waals surface area contributed by atoms with Crippen LogP contribution in [0.15, 0.2) is 0 Å². The van der Waals surface area contributed by atoms with Gasteiger partial charge in [-0.2, -0.15) is 0 Å². The van der Waals surface area contributed by atoms with Crippen LogP contribution in [0.5, 0.6) is 0 Å². The molecule has 0 aromatic carbocycles. The minimum Gasteiger partial charge on any atom is -0.481 e. The highest BCUT2D eigenvalue weighted by atomic mass is 16.4. The molecular weight excluding hydrogens is 601 g/mol. The van der Waals surface area contributed by atoms with Gasteiger partial charge in [-0.15, -0.1) is 0 Å². The summed E-state index contributed by atoms with van der Waals surface area (Å²) in [6.07, 6.45) is 57.3.